The number of fused-ring (bicyclic) bond motifs is 1. The quantitative estimate of drug-likeness (QED) is 0.731. The Hall–Kier alpha value is -1.95. The first-order valence-electron chi connectivity index (χ1n) is 6.68. The molecule has 0 aliphatic rings. The van der Waals surface area contributed by atoms with Gasteiger partial charge in [-0.2, -0.15) is 11.8 Å². The molecule has 0 aliphatic heterocycles. The van der Waals surface area contributed by atoms with Crippen molar-refractivity contribution in [1.82, 2.24) is 10.3 Å². The van der Waals surface area contributed by atoms with Crippen LogP contribution in [0.1, 0.15) is 12.0 Å². The SMILES string of the molecule is CSCC(NC(=O)CCc1c[nH]c2ccccc12)C(=O)O. The summed E-state index contributed by atoms with van der Waals surface area (Å²) in [5, 5.41) is 12.7. The van der Waals surface area contributed by atoms with Gasteiger partial charge in [-0.1, -0.05) is 18.2 Å². The Balaban J connectivity index is 1.93. The van der Waals surface area contributed by atoms with Gasteiger partial charge in [-0.25, -0.2) is 4.79 Å². The molecule has 112 valence electrons. The summed E-state index contributed by atoms with van der Waals surface area (Å²) in [5.74, 6) is -0.861. The van der Waals surface area contributed by atoms with Gasteiger partial charge in [0.05, 0.1) is 0 Å². The van der Waals surface area contributed by atoms with Crippen molar-refractivity contribution in [3.8, 4) is 0 Å². The fourth-order valence-corrected chi connectivity index (χ4v) is 2.75. The van der Waals surface area contributed by atoms with E-state index in [1.807, 2.05) is 36.7 Å². The molecule has 0 bridgehead atoms. The summed E-state index contributed by atoms with van der Waals surface area (Å²) in [5.41, 5.74) is 2.11. The van der Waals surface area contributed by atoms with Crippen molar-refractivity contribution >= 4 is 34.5 Å². The van der Waals surface area contributed by atoms with Crippen molar-refractivity contribution in [3.05, 3.63) is 36.0 Å². The molecule has 2 rings (SSSR count). The third-order valence-electron chi connectivity index (χ3n) is 3.26. The van der Waals surface area contributed by atoms with Gasteiger partial charge in [-0.15, -0.1) is 0 Å². The lowest BCUT2D eigenvalue weighted by atomic mass is 10.1. The highest BCUT2D eigenvalue weighted by Gasteiger charge is 2.19. The molecule has 1 atom stereocenters. The number of amides is 1. The molecular formula is C15H18N2O3S. The fraction of sp³-hybridized carbons (Fsp3) is 0.333. The molecule has 1 amide bonds. The van der Waals surface area contributed by atoms with Gasteiger partial charge < -0.3 is 15.4 Å². The van der Waals surface area contributed by atoms with Gasteiger partial charge in [-0.05, 0) is 24.3 Å². The van der Waals surface area contributed by atoms with E-state index in [1.165, 1.54) is 11.8 Å². The van der Waals surface area contributed by atoms with Crippen molar-refractivity contribution in [3.63, 3.8) is 0 Å². The Morgan fingerprint density at radius 1 is 1.38 bits per heavy atom. The number of aryl methyl sites for hydroxylation is 1. The summed E-state index contributed by atoms with van der Waals surface area (Å²) in [6, 6.07) is 7.08. The lowest BCUT2D eigenvalue weighted by molar-refractivity contribution is -0.141. The van der Waals surface area contributed by atoms with Crippen LogP contribution in [0.5, 0.6) is 0 Å². The van der Waals surface area contributed by atoms with Gasteiger partial charge in [0.2, 0.25) is 5.91 Å². The Kier molecular flexibility index (Phi) is 5.27. The smallest absolute Gasteiger partial charge is 0.327 e. The maximum absolute atomic E-state index is 11.9. The van der Waals surface area contributed by atoms with Gasteiger partial charge >= 0.3 is 5.97 Å². The van der Waals surface area contributed by atoms with E-state index < -0.39 is 12.0 Å². The summed E-state index contributed by atoms with van der Waals surface area (Å²) in [7, 11) is 0. The lowest BCUT2D eigenvalue weighted by Crippen LogP contribution is -2.42. The van der Waals surface area contributed by atoms with Crippen LogP contribution in [0.15, 0.2) is 30.5 Å². The number of carboxylic acid groups (broad SMARTS) is 1. The van der Waals surface area contributed by atoms with E-state index in [0.29, 0.717) is 12.2 Å². The van der Waals surface area contributed by atoms with Crippen LogP contribution in [0.2, 0.25) is 0 Å². The Morgan fingerprint density at radius 3 is 2.86 bits per heavy atom. The van der Waals surface area contributed by atoms with Crippen molar-refractivity contribution < 1.29 is 14.7 Å². The number of carboxylic acids is 1. The Labute approximate surface area is 127 Å². The summed E-state index contributed by atoms with van der Waals surface area (Å²) in [6.07, 6.45) is 4.57. The number of hydrogen-bond acceptors (Lipinski definition) is 3. The second-order valence-corrected chi connectivity index (χ2v) is 5.68. The minimum atomic E-state index is -0.996. The molecule has 0 saturated heterocycles. The van der Waals surface area contributed by atoms with Gasteiger partial charge in [0, 0.05) is 29.3 Å². The molecule has 3 N–H and O–H groups in total. The minimum Gasteiger partial charge on any atom is -0.480 e. The number of hydrogen-bond donors (Lipinski definition) is 3. The molecule has 21 heavy (non-hydrogen) atoms. The lowest BCUT2D eigenvalue weighted by Gasteiger charge is -2.12. The van der Waals surface area contributed by atoms with Crippen molar-refractivity contribution in [2.24, 2.45) is 0 Å². The largest absolute Gasteiger partial charge is 0.480 e. The second-order valence-electron chi connectivity index (χ2n) is 4.77. The maximum Gasteiger partial charge on any atom is 0.327 e. The number of H-pyrrole nitrogens is 1. The molecule has 2 aromatic rings. The van der Waals surface area contributed by atoms with E-state index in [-0.39, 0.29) is 12.3 Å². The van der Waals surface area contributed by atoms with Crippen LogP contribution in [0.25, 0.3) is 10.9 Å². The monoisotopic (exact) mass is 306 g/mol. The number of benzene rings is 1. The number of para-hydroxylation sites is 1. The topological polar surface area (TPSA) is 82.2 Å². The molecular weight excluding hydrogens is 288 g/mol. The van der Waals surface area contributed by atoms with Crippen LogP contribution in [0.4, 0.5) is 0 Å². The van der Waals surface area contributed by atoms with Crippen LogP contribution in [0.3, 0.4) is 0 Å². The molecule has 1 aromatic heterocycles. The predicted molar refractivity (Wildman–Crippen MR) is 84.6 cm³/mol. The molecule has 6 heteroatoms. The summed E-state index contributed by atoms with van der Waals surface area (Å²) in [4.78, 5) is 26.0. The average Bonchev–Trinajstić information content (AvgIpc) is 2.88. The molecule has 0 aliphatic carbocycles. The zero-order chi connectivity index (χ0) is 15.2. The van der Waals surface area contributed by atoms with Gasteiger partial charge in [0.1, 0.15) is 6.04 Å². The molecule has 0 saturated carbocycles. The van der Waals surface area contributed by atoms with Gasteiger partial charge in [0.15, 0.2) is 0 Å². The normalized spacial score (nSPS) is 12.2. The van der Waals surface area contributed by atoms with E-state index in [9.17, 15) is 9.59 Å². The highest BCUT2D eigenvalue weighted by Crippen LogP contribution is 2.18. The Bertz CT molecular complexity index is 639. The fourth-order valence-electron chi connectivity index (χ4n) is 2.19. The number of carbonyl (C=O) groups is 2. The molecule has 1 heterocycles. The summed E-state index contributed by atoms with van der Waals surface area (Å²) >= 11 is 1.40. The zero-order valence-electron chi connectivity index (χ0n) is 11.8. The first-order chi connectivity index (χ1) is 10.1. The predicted octanol–water partition coefficient (Wildman–Crippen LogP) is 2.03. The van der Waals surface area contributed by atoms with Crippen molar-refractivity contribution in [1.29, 1.82) is 0 Å². The maximum atomic E-state index is 11.9. The third-order valence-corrected chi connectivity index (χ3v) is 3.93. The van der Waals surface area contributed by atoms with Crippen LogP contribution in [-0.4, -0.2) is 40.0 Å². The van der Waals surface area contributed by atoms with E-state index in [0.717, 1.165) is 16.5 Å². The number of aliphatic carboxylic acids is 1. The third kappa shape index (κ3) is 4.01. The highest BCUT2D eigenvalue weighted by molar-refractivity contribution is 7.98. The summed E-state index contributed by atoms with van der Waals surface area (Å²) < 4.78 is 0. The van der Waals surface area contributed by atoms with E-state index in [4.69, 9.17) is 5.11 Å². The van der Waals surface area contributed by atoms with Crippen LogP contribution in [0, 0.1) is 0 Å². The molecule has 0 fully saturated rings. The second kappa shape index (κ2) is 7.17. The molecule has 1 unspecified atom stereocenters. The van der Waals surface area contributed by atoms with E-state index >= 15 is 0 Å². The zero-order valence-corrected chi connectivity index (χ0v) is 12.6. The van der Waals surface area contributed by atoms with E-state index in [1.54, 1.807) is 0 Å². The Morgan fingerprint density at radius 2 is 2.14 bits per heavy atom. The highest BCUT2D eigenvalue weighted by atomic mass is 32.2. The standard InChI is InChI=1S/C15H18N2O3S/c1-21-9-13(15(19)20)17-14(18)7-6-10-8-16-12-5-3-2-4-11(10)12/h2-5,8,13,16H,6-7,9H2,1H3,(H,17,18)(H,19,20). The average molecular weight is 306 g/mol. The van der Waals surface area contributed by atoms with Crippen LogP contribution in [-0.2, 0) is 16.0 Å². The first-order valence-corrected chi connectivity index (χ1v) is 8.07. The molecule has 0 radical (unpaired) electrons. The summed E-state index contributed by atoms with van der Waals surface area (Å²) in [6.45, 7) is 0. The number of thioether (sulfide) groups is 1. The number of rotatable bonds is 7. The first kappa shape index (κ1) is 15.4. The molecule has 0 spiro atoms. The molecule has 1 aromatic carbocycles. The van der Waals surface area contributed by atoms with Crippen LogP contribution >= 0.6 is 11.8 Å². The van der Waals surface area contributed by atoms with Gasteiger partial charge in [0.25, 0.3) is 0 Å². The van der Waals surface area contributed by atoms with Crippen LogP contribution < -0.4 is 5.32 Å². The number of carbonyl (C=O) groups excluding carboxylic acids is 1. The van der Waals surface area contributed by atoms with E-state index in [2.05, 4.69) is 10.3 Å². The van der Waals surface area contributed by atoms with Gasteiger partial charge in [-0.3, -0.25) is 4.79 Å². The number of aromatic amines is 1. The minimum absolute atomic E-state index is 0.235. The van der Waals surface area contributed by atoms with Crippen molar-refractivity contribution in [2.45, 2.75) is 18.9 Å². The number of aromatic nitrogens is 1. The molecule has 5 nitrogen and oxygen atoms in total. The number of nitrogens with one attached hydrogen (secondary N) is 2. The van der Waals surface area contributed by atoms with Crippen molar-refractivity contribution in [2.75, 3.05) is 12.0 Å².